The summed E-state index contributed by atoms with van der Waals surface area (Å²) in [5.74, 6) is 0.360. The normalized spacial score (nSPS) is 16.7. The minimum absolute atomic E-state index is 0.152. The fourth-order valence-electron chi connectivity index (χ4n) is 1.97. The molecule has 1 aliphatic rings. The zero-order valence-corrected chi connectivity index (χ0v) is 11.7. The number of nitro benzene ring substituents is 1. The molecule has 8 heteroatoms. The number of nitrogens with one attached hydrogen (secondary N) is 1. The highest BCUT2D eigenvalue weighted by Crippen LogP contribution is 2.31. The van der Waals surface area contributed by atoms with Crippen LogP contribution in [0.2, 0.25) is 0 Å². The predicted octanol–water partition coefficient (Wildman–Crippen LogP) is 2.52. The summed E-state index contributed by atoms with van der Waals surface area (Å²) < 4.78 is 0. The average Bonchev–Trinajstić information content (AvgIpc) is 2.47. The summed E-state index contributed by atoms with van der Waals surface area (Å²) in [7, 11) is 0. The summed E-state index contributed by atoms with van der Waals surface area (Å²) in [5.41, 5.74) is -0.740. The standard InChI is InChI=1S/C14H9ClN2O5/c15-9-5-4-8(7-18)11(6-9)16-13-10(14(19)20)2-1-3-12(13)17(21)22/h1-6,11,16H,(H,19,20). The molecular weight excluding hydrogens is 312 g/mol. The second kappa shape index (κ2) is 6.26. The van der Waals surface area contributed by atoms with E-state index in [4.69, 9.17) is 11.6 Å². The molecule has 1 unspecified atom stereocenters. The Labute approximate surface area is 129 Å². The van der Waals surface area contributed by atoms with Crippen LogP contribution in [0, 0.1) is 10.1 Å². The fourth-order valence-corrected chi connectivity index (χ4v) is 2.16. The number of hydrogen-bond donors (Lipinski definition) is 2. The molecule has 22 heavy (non-hydrogen) atoms. The van der Waals surface area contributed by atoms with Gasteiger partial charge in [0.15, 0.2) is 0 Å². The van der Waals surface area contributed by atoms with Gasteiger partial charge in [-0.25, -0.2) is 9.59 Å². The number of nitro groups is 1. The molecule has 0 bridgehead atoms. The third-order valence-corrected chi connectivity index (χ3v) is 3.22. The Morgan fingerprint density at radius 3 is 2.73 bits per heavy atom. The minimum Gasteiger partial charge on any atom is -0.478 e. The van der Waals surface area contributed by atoms with Crippen molar-refractivity contribution < 1.29 is 19.6 Å². The van der Waals surface area contributed by atoms with Crippen LogP contribution in [0.3, 0.4) is 0 Å². The second-order valence-corrected chi connectivity index (χ2v) is 4.76. The maximum atomic E-state index is 11.3. The van der Waals surface area contributed by atoms with Crippen LogP contribution in [0.1, 0.15) is 10.4 Å². The smallest absolute Gasteiger partial charge is 0.338 e. The SMILES string of the molecule is O=C=C1C=CC(Cl)=CC1Nc1c(C(=O)O)cccc1[N+](=O)[O-]. The fraction of sp³-hybridized carbons (Fsp3) is 0.0714. The van der Waals surface area contributed by atoms with E-state index in [2.05, 4.69) is 5.32 Å². The van der Waals surface area contributed by atoms with Gasteiger partial charge in [0.25, 0.3) is 5.69 Å². The van der Waals surface area contributed by atoms with Crippen molar-refractivity contribution in [3.05, 3.63) is 62.7 Å². The van der Waals surface area contributed by atoms with Crippen LogP contribution in [-0.4, -0.2) is 28.0 Å². The first kappa shape index (κ1) is 15.5. The molecule has 2 rings (SSSR count). The van der Waals surface area contributed by atoms with E-state index in [9.17, 15) is 24.8 Å². The van der Waals surface area contributed by atoms with E-state index in [1.807, 2.05) is 0 Å². The van der Waals surface area contributed by atoms with E-state index in [1.165, 1.54) is 36.4 Å². The van der Waals surface area contributed by atoms with E-state index < -0.39 is 22.6 Å². The first-order valence-corrected chi connectivity index (χ1v) is 6.39. The molecule has 0 saturated carbocycles. The minimum atomic E-state index is -1.33. The Balaban J connectivity index is 2.52. The number of hydrogen-bond acceptors (Lipinski definition) is 5. The average molecular weight is 321 g/mol. The van der Waals surface area contributed by atoms with Crippen LogP contribution >= 0.6 is 11.6 Å². The highest BCUT2D eigenvalue weighted by Gasteiger charge is 2.25. The molecule has 112 valence electrons. The lowest BCUT2D eigenvalue weighted by Gasteiger charge is -2.19. The number of halogens is 1. The predicted molar refractivity (Wildman–Crippen MR) is 79.7 cm³/mol. The molecule has 0 fully saturated rings. The third-order valence-electron chi connectivity index (χ3n) is 2.97. The lowest BCUT2D eigenvalue weighted by molar-refractivity contribution is -0.384. The van der Waals surface area contributed by atoms with Gasteiger partial charge in [-0.15, -0.1) is 0 Å². The number of benzene rings is 1. The summed E-state index contributed by atoms with van der Waals surface area (Å²) in [6, 6.07) is 2.86. The van der Waals surface area contributed by atoms with Crippen molar-refractivity contribution in [2.45, 2.75) is 6.04 Å². The molecular formula is C14H9ClN2O5. The van der Waals surface area contributed by atoms with Gasteiger partial charge in [0.1, 0.15) is 11.6 Å². The van der Waals surface area contributed by atoms with E-state index in [0.717, 1.165) is 0 Å². The Bertz CT molecular complexity index is 730. The van der Waals surface area contributed by atoms with Crippen molar-refractivity contribution >= 4 is 34.9 Å². The van der Waals surface area contributed by atoms with Gasteiger partial charge in [-0.3, -0.25) is 10.1 Å². The van der Waals surface area contributed by atoms with Gasteiger partial charge in [-0.05, 0) is 24.3 Å². The van der Waals surface area contributed by atoms with Crippen molar-refractivity contribution in [3.63, 3.8) is 0 Å². The van der Waals surface area contributed by atoms with Gasteiger partial charge >= 0.3 is 5.97 Å². The van der Waals surface area contributed by atoms with Crippen molar-refractivity contribution in [3.8, 4) is 0 Å². The zero-order chi connectivity index (χ0) is 16.3. The van der Waals surface area contributed by atoms with Crippen molar-refractivity contribution in [1.29, 1.82) is 0 Å². The molecule has 7 nitrogen and oxygen atoms in total. The Morgan fingerprint density at radius 2 is 2.14 bits per heavy atom. The van der Waals surface area contributed by atoms with Crippen LogP contribution in [0.25, 0.3) is 0 Å². The summed E-state index contributed by atoms with van der Waals surface area (Å²) >= 11 is 5.85. The van der Waals surface area contributed by atoms with Crippen molar-refractivity contribution in [1.82, 2.24) is 0 Å². The molecule has 1 aliphatic carbocycles. The number of carbonyl (C=O) groups is 1. The van der Waals surface area contributed by atoms with Gasteiger partial charge in [0.2, 0.25) is 0 Å². The third kappa shape index (κ3) is 3.06. The monoisotopic (exact) mass is 320 g/mol. The molecule has 0 radical (unpaired) electrons. The number of carboxylic acid groups (broad SMARTS) is 1. The summed E-state index contributed by atoms with van der Waals surface area (Å²) in [4.78, 5) is 32.6. The molecule has 2 N–H and O–H groups in total. The van der Waals surface area contributed by atoms with Gasteiger partial charge in [0.05, 0.1) is 22.1 Å². The lowest BCUT2D eigenvalue weighted by Crippen LogP contribution is -2.23. The molecule has 0 spiro atoms. The number of para-hydroxylation sites is 1. The van der Waals surface area contributed by atoms with Gasteiger partial charge in [0, 0.05) is 11.1 Å². The highest BCUT2D eigenvalue weighted by atomic mass is 35.5. The number of rotatable bonds is 4. The maximum Gasteiger partial charge on any atom is 0.338 e. The summed E-state index contributed by atoms with van der Waals surface area (Å²) in [5, 5.41) is 23.3. The zero-order valence-electron chi connectivity index (χ0n) is 10.9. The quantitative estimate of drug-likeness (QED) is 0.501. The van der Waals surface area contributed by atoms with Crippen LogP contribution < -0.4 is 5.32 Å². The molecule has 1 aromatic carbocycles. The molecule has 0 aliphatic heterocycles. The topological polar surface area (TPSA) is 110 Å². The van der Waals surface area contributed by atoms with Crippen molar-refractivity contribution in [2.24, 2.45) is 0 Å². The van der Waals surface area contributed by atoms with E-state index in [-0.39, 0.29) is 16.8 Å². The second-order valence-electron chi connectivity index (χ2n) is 4.33. The Morgan fingerprint density at radius 1 is 1.41 bits per heavy atom. The van der Waals surface area contributed by atoms with E-state index in [1.54, 1.807) is 5.94 Å². The summed E-state index contributed by atoms with van der Waals surface area (Å²) in [6.45, 7) is 0. The first-order chi connectivity index (χ1) is 10.4. The van der Waals surface area contributed by atoms with E-state index >= 15 is 0 Å². The van der Waals surface area contributed by atoms with Gasteiger partial charge in [-0.2, -0.15) is 0 Å². The van der Waals surface area contributed by atoms with Crippen molar-refractivity contribution in [2.75, 3.05) is 5.32 Å². The van der Waals surface area contributed by atoms with Crippen LogP contribution in [-0.2, 0) is 4.79 Å². The molecule has 0 heterocycles. The Kier molecular flexibility index (Phi) is 4.41. The summed E-state index contributed by atoms with van der Waals surface area (Å²) in [6.07, 6.45) is 4.31. The van der Waals surface area contributed by atoms with Crippen LogP contribution in [0.4, 0.5) is 11.4 Å². The molecule has 0 amide bonds. The molecule has 1 atom stereocenters. The number of nitrogens with zero attached hydrogens (tertiary/aromatic N) is 1. The number of carboxylic acids is 1. The first-order valence-electron chi connectivity index (χ1n) is 6.01. The number of carbonyl (C=O) groups excluding carboxylic acids is 1. The molecule has 0 aromatic heterocycles. The van der Waals surface area contributed by atoms with E-state index in [0.29, 0.717) is 5.03 Å². The lowest BCUT2D eigenvalue weighted by atomic mass is 10.0. The largest absolute Gasteiger partial charge is 0.478 e. The molecule has 1 aromatic rings. The van der Waals surface area contributed by atoms with Crippen LogP contribution in [0.15, 0.2) is 47.0 Å². The van der Waals surface area contributed by atoms with Gasteiger partial charge < -0.3 is 10.4 Å². The molecule has 0 saturated heterocycles. The maximum absolute atomic E-state index is 11.3. The highest BCUT2D eigenvalue weighted by molar-refractivity contribution is 6.31. The Hall–Kier alpha value is -2.89. The van der Waals surface area contributed by atoms with Crippen LogP contribution in [0.5, 0.6) is 0 Å². The number of anilines is 1. The number of allylic oxidation sites excluding steroid dienone is 2. The number of aromatic carboxylic acids is 1. The van der Waals surface area contributed by atoms with Gasteiger partial charge in [-0.1, -0.05) is 17.7 Å².